The lowest BCUT2D eigenvalue weighted by molar-refractivity contribution is 0.0599. The molecular formula is C16H20N2O4. The third-order valence-electron chi connectivity index (χ3n) is 3.35. The van der Waals surface area contributed by atoms with E-state index in [2.05, 4.69) is 21.7 Å². The van der Waals surface area contributed by atoms with Crippen molar-refractivity contribution in [3.8, 4) is 11.8 Å². The molecule has 1 aromatic rings. The van der Waals surface area contributed by atoms with Gasteiger partial charge in [0.05, 0.1) is 25.9 Å². The van der Waals surface area contributed by atoms with Gasteiger partial charge in [-0.3, -0.25) is 0 Å². The first-order chi connectivity index (χ1) is 10.7. The van der Waals surface area contributed by atoms with Crippen molar-refractivity contribution in [3.63, 3.8) is 0 Å². The Morgan fingerprint density at radius 1 is 1.41 bits per heavy atom. The number of carbonyl (C=O) groups is 1. The van der Waals surface area contributed by atoms with Crippen molar-refractivity contribution >= 4 is 11.8 Å². The fourth-order valence-electron chi connectivity index (χ4n) is 2.25. The van der Waals surface area contributed by atoms with Gasteiger partial charge in [0.25, 0.3) is 0 Å². The number of carbonyl (C=O) groups excluding carboxylic acids is 1. The standard InChI is InChI=1S/C16H20N2O4/c1-12-11-14(18-6-9-22-10-7-18)17-13(5-4-8-20-2)15(12)16(19)21-3/h11H,6-10H2,1-3H3. The first-order valence-electron chi connectivity index (χ1n) is 7.07. The lowest BCUT2D eigenvalue weighted by atomic mass is 10.1. The Labute approximate surface area is 130 Å². The van der Waals surface area contributed by atoms with Crippen LogP contribution in [-0.2, 0) is 14.2 Å². The predicted molar refractivity (Wildman–Crippen MR) is 82.1 cm³/mol. The third-order valence-corrected chi connectivity index (χ3v) is 3.35. The lowest BCUT2D eigenvalue weighted by Crippen LogP contribution is -2.37. The van der Waals surface area contributed by atoms with E-state index >= 15 is 0 Å². The molecule has 1 aliphatic heterocycles. The number of rotatable bonds is 3. The van der Waals surface area contributed by atoms with Gasteiger partial charge in [0, 0.05) is 20.2 Å². The molecule has 0 N–H and O–H groups in total. The van der Waals surface area contributed by atoms with Crippen molar-refractivity contribution in [1.29, 1.82) is 0 Å². The summed E-state index contributed by atoms with van der Waals surface area (Å²) in [6.07, 6.45) is 0. The number of aromatic nitrogens is 1. The van der Waals surface area contributed by atoms with Gasteiger partial charge in [-0.1, -0.05) is 5.92 Å². The monoisotopic (exact) mass is 304 g/mol. The van der Waals surface area contributed by atoms with Crippen molar-refractivity contribution in [3.05, 3.63) is 22.9 Å². The molecule has 0 spiro atoms. The molecule has 2 rings (SSSR count). The summed E-state index contributed by atoms with van der Waals surface area (Å²) in [5.41, 5.74) is 1.62. The van der Waals surface area contributed by atoms with E-state index in [9.17, 15) is 4.79 Å². The average Bonchev–Trinajstić information content (AvgIpc) is 2.55. The van der Waals surface area contributed by atoms with Crippen LogP contribution in [0.2, 0.25) is 0 Å². The fourth-order valence-corrected chi connectivity index (χ4v) is 2.25. The van der Waals surface area contributed by atoms with Crippen molar-refractivity contribution in [2.75, 3.05) is 52.0 Å². The van der Waals surface area contributed by atoms with E-state index in [1.807, 2.05) is 13.0 Å². The van der Waals surface area contributed by atoms with Gasteiger partial charge in [0.15, 0.2) is 0 Å². The van der Waals surface area contributed by atoms with Gasteiger partial charge >= 0.3 is 5.97 Å². The van der Waals surface area contributed by atoms with Crippen molar-refractivity contribution < 1.29 is 19.0 Å². The first kappa shape index (κ1) is 16.3. The van der Waals surface area contributed by atoms with Gasteiger partial charge < -0.3 is 19.1 Å². The molecule has 0 aromatic carbocycles. The van der Waals surface area contributed by atoms with E-state index in [-0.39, 0.29) is 6.61 Å². The van der Waals surface area contributed by atoms with Gasteiger partial charge in [-0.15, -0.1) is 0 Å². The molecule has 0 bridgehead atoms. The van der Waals surface area contributed by atoms with Crippen LogP contribution in [0.4, 0.5) is 5.82 Å². The second-order valence-electron chi connectivity index (χ2n) is 4.85. The number of aryl methyl sites for hydroxylation is 1. The highest BCUT2D eigenvalue weighted by molar-refractivity contribution is 5.93. The Bertz CT molecular complexity index is 598. The lowest BCUT2D eigenvalue weighted by Gasteiger charge is -2.28. The highest BCUT2D eigenvalue weighted by Gasteiger charge is 2.20. The number of esters is 1. The van der Waals surface area contributed by atoms with Crippen LogP contribution in [0.5, 0.6) is 0 Å². The molecule has 118 valence electrons. The summed E-state index contributed by atoms with van der Waals surface area (Å²) in [4.78, 5) is 18.6. The topological polar surface area (TPSA) is 60.9 Å². The molecule has 0 amide bonds. The first-order valence-corrected chi connectivity index (χ1v) is 7.07. The molecule has 1 aliphatic rings. The van der Waals surface area contributed by atoms with Crippen LogP contribution in [0, 0.1) is 18.8 Å². The highest BCUT2D eigenvalue weighted by atomic mass is 16.5. The summed E-state index contributed by atoms with van der Waals surface area (Å²) < 4.78 is 15.1. The quantitative estimate of drug-likeness (QED) is 0.613. The smallest absolute Gasteiger partial charge is 0.341 e. The minimum absolute atomic E-state index is 0.281. The molecule has 1 fully saturated rings. The number of ether oxygens (including phenoxy) is 3. The molecule has 22 heavy (non-hydrogen) atoms. The molecule has 0 radical (unpaired) electrons. The molecule has 0 unspecified atom stereocenters. The maximum Gasteiger partial charge on any atom is 0.341 e. The third kappa shape index (κ3) is 3.75. The summed E-state index contributed by atoms with van der Waals surface area (Å²) in [5.74, 6) is 6.12. The van der Waals surface area contributed by atoms with Gasteiger partial charge in [-0.2, -0.15) is 0 Å². The number of methoxy groups -OCH3 is 2. The zero-order valence-corrected chi connectivity index (χ0v) is 13.1. The summed E-state index contributed by atoms with van der Waals surface area (Å²) in [7, 11) is 2.92. The number of morpholine rings is 1. The Balaban J connectivity index is 2.42. The number of hydrogen-bond donors (Lipinski definition) is 0. The van der Waals surface area contributed by atoms with Gasteiger partial charge in [0.1, 0.15) is 18.1 Å². The van der Waals surface area contributed by atoms with Crippen LogP contribution >= 0.6 is 0 Å². The zero-order valence-electron chi connectivity index (χ0n) is 13.1. The van der Waals surface area contributed by atoms with Crippen LogP contribution in [-0.4, -0.2) is 58.1 Å². The molecule has 0 atom stereocenters. The molecule has 1 aromatic heterocycles. The number of pyridine rings is 1. The van der Waals surface area contributed by atoms with Crippen LogP contribution in [0.3, 0.4) is 0 Å². The average molecular weight is 304 g/mol. The minimum atomic E-state index is -0.430. The van der Waals surface area contributed by atoms with Crippen molar-refractivity contribution in [2.45, 2.75) is 6.92 Å². The number of nitrogens with zero attached hydrogens (tertiary/aromatic N) is 2. The molecule has 2 heterocycles. The zero-order chi connectivity index (χ0) is 15.9. The second-order valence-corrected chi connectivity index (χ2v) is 4.85. The van der Waals surface area contributed by atoms with Crippen LogP contribution in [0.25, 0.3) is 0 Å². The summed E-state index contributed by atoms with van der Waals surface area (Å²) in [6, 6.07) is 1.89. The van der Waals surface area contributed by atoms with Gasteiger partial charge in [-0.05, 0) is 24.5 Å². The Morgan fingerprint density at radius 2 is 2.14 bits per heavy atom. The Hall–Kier alpha value is -2.10. The van der Waals surface area contributed by atoms with Crippen LogP contribution < -0.4 is 4.90 Å². The molecule has 0 aliphatic carbocycles. The maximum atomic E-state index is 12.0. The molecule has 6 nitrogen and oxygen atoms in total. The molecular weight excluding hydrogens is 284 g/mol. The summed E-state index contributed by atoms with van der Waals surface area (Å²) >= 11 is 0. The SMILES string of the molecule is COCC#Cc1nc(N2CCOCC2)cc(C)c1C(=O)OC. The number of hydrogen-bond acceptors (Lipinski definition) is 6. The van der Waals surface area contributed by atoms with E-state index in [0.29, 0.717) is 24.5 Å². The normalized spacial score (nSPS) is 14.2. The fraction of sp³-hybridized carbons (Fsp3) is 0.500. The van der Waals surface area contributed by atoms with Crippen LogP contribution in [0.1, 0.15) is 21.6 Å². The Kier molecular flexibility index (Phi) is 5.75. The largest absolute Gasteiger partial charge is 0.465 e. The van der Waals surface area contributed by atoms with E-state index in [4.69, 9.17) is 14.2 Å². The van der Waals surface area contributed by atoms with E-state index < -0.39 is 5.97 Å². The predicted octanol–water partition coefficient (Wildman–Crippen LogP) is 1.01. The summed E-state index contributed by atoms with van der Waals surface area (Å²) in [6.45, 7) is 5.03. The molecule has 6 heteroatoms. The molecule has 1 saturated heterocycles. The second kappa shape index (κ2) is 7.78. The van der Waals surface area contributed by atoms with Gasteiger partial charge in [0.2, 0.25) is 0 Å². The maximum absolute atomic E-state index is 12.0. The minimum Gasteiger partial charge on any atom is -0.465 e. The Morgan fingerprint density at radius 3 is 2.77 bits per heavy atom. The van der Waals surface area contributed by atoms with Crippen molar-refractivity contribution in [2.24, 2.45) is 0 Å². The molecule has 0 saturated carbocycles. The number of anilines is 1. The highest BCUT2D eigenvalue weighted by Crippen LogP contribution is 2.21. The van der Waals surface area contributed by atoms with E-state index in [0.717, 1.165) is 24.5 Å². The van der Waals surface area contributed by atoms with E-state index in [1.54, 1.807) is 7.11 Å². The van der Waals surface area contributed by atoms with Crippen molar-refractivity contribution in [1.82, 2.24) is 4.98 Å². The summed E-state index contributed by atoms with van der Waals surface area (Å²) in [5, 5.41) is 0. The van der Waals surface area contributed by atoms with Gasteiger partial charge in [-0.25, -0.2) is 9.78 Å². The van der Waals surface area contributed by atoms with E-state index in [1.165, 1.54) is 7.11 Å². The van der Waals surface area contributed by atoms with Crippen LogP contribution in [0.15, 0.2) is 6.07 Å².